The van der Waals surface area contributed by atoms with Crippen LogP contribution in [0.5, 0.6) is 0 Å². The molecule has 88 valence electrons. The maximum atomic E-state index is 11.3. The molecule has 1 rings (SSSR count). The fourth-order valence-corrected chi connectivity index (χ4v) is 1.52. The number of carbonyl (C=O) groups excluding carboxylic acids is 1. The molecule has 1 saturated heterocycles. The Morgan fingerprint density at radius 2 is 2.20 bits per heavy atom. The largest absolute Gasteiger partial charge is 0.462 e. The first kappa shape index (κ1) is 12.4. The second-order valence-electron chi connectivity index (χ2n) is 3.59. The van der Waals surface area contributed by atoms with Gasteiger partial charge in [0.25, 0.3) is 5.79 Å². The van der Waals surface area contributed by atoms with Gasteiger partial charge in [-0.3, -0.25) is 0 Å². The summed E-state index contributed by atoms with van der Waals surface area (Å²) >= 11 is 0. The number of esters is 1. The molecule has 0 aliphatic carbocycles. The standard InChI is InChI=1S/C9H16O6/c1-3-14-8(12)9(13)4-6(10)7(11)5(2)15-9/h5-7,10-11,13H,3-4H2,1-2H3/t5-,6-,7-,9-/m0/s1. The summed E-state index contributed by atoms with van der Waals surface area (Å²) in [5.74, 6) is -3.10. The Balaban J connectivity index is 2.74. The van der Waals surface area contributed by atoms with Gasteiger partial charge in [-0.1, -0.05) is 0 Å². The molecule has 3 N–H and O–H groups in total. The number of aliphatic hydroxyl groups excluding tert-OH is 2. The minimum absolute atomic E-state index is 0.109. The molecule has 0 spiro atoms. The molecule has 6 heteroatoms. The second kappa shape index (κ2) is 4.44. The molecule has 1 heterocycles. The highest BCUT2D eigenvalue weighted by Gasteiger charge is 2.49. The van der Waals surface area contributed by atoms with Crippen LogP contribution in [0.2, 0.25) is 0 Å². The van der Waals surface area contributed by atoms with Gasteiger partial charge >= 0.3 is 5.97 Å². The average Bonchev–Trinajstić information content (AvgIpc) is 2.14. The lowest BCUT2D eigenvalue weighted by Crippen LogP contribution is -2.57. The van der Waals surface area contributed by atoms with Crippen LogP contribution >= 0.6 is 0 Å². The van der Waals surface area contributed by atoms with Crippen LogP contribution in [0.3, 0.4) is 0 Å². The number of aliphatic hydroxyl groups is 3. The molecule has 0 saturated carbocycles. The summed E-state index contributed by atoms with van der Waals surface area (Å²) in [6.07, 6.45) is -3.54. The molecule has 0 unspecified atom stereocenters. The predicted octanol–water partition coefficient (Wildman–Crippen LogP) is -1.23. The van der Waals surface area contributed by atoms with Gasteiger partial charge in [0.2, 0.25) is 0 Å². The molecule has 1 aliphatic rings. The first-order chi connectivity index (χ1) is 6.90. The molecule has 15 heavy (non-hydrogen) atoms. The van der Waals surface area contributed by atoms with Crippen LogP contribution in [0.4, 0.5) is 0 Å². The van der Waals surface area contributed by atoms with Crippen molar-refractivity contribution < 1.29 is 29.6 Å². The van der Waals surface area contributed by atoms with E-state index in [9.17, 15) is 20.1 Å². The molecule has 0 aromatic rings. The number of ether oxygens (including phenoxy) is 2. The molecule has 0 amide bonds. The SMILES string of the molecule is CCOC(=O)[C@]1(O)C[C@H](O)[C@@H](O)[C@H](C)O1. The summed E-state index contributed by atoms with van der Waals surface area (Å²) < 4.78 is 9.55. The van der Waals surface area contributed by atoms with E-state index in [-0.39, 0.29) is 6.61 Å². The van der Waals surface area contributed by atoms with Crippen LogP contribution in [0.25, 0.3) is 0 Å². The molecule has 0 aromatic carbocycles. The van der Waals surface area contributed by atoms with Gasteiger partial charge in [0.1, 0.15) is 6.10 Å². The smallest absolute Gasteiger partial charge is 0.366 e. The van der Waals surface area contributed by atoms with Gasteiger partial charge in [0.15, 0.2) is 0 Å². The van der Waals surface area contributed by atoms with E-state index in [4.69, 9.17) is 4.74 Å². The monoisotopic (exact) mass is 220 g/mol. The van der Waals surface area contributed by atoms with Gasteiger partial charge in [0.05, 0.1) is 18.8 Å². The van der Waals surface area contributed by atoms with Gasteiger partial charge in [-0.05, 0) is 13.8 Å². The Morgan fingerprint density at radius 3 is 2.67 bits per heavy atom. The third kappa shape index (κ3) is 2.46. The van der Waals surface area contributed by atoms with E-state index < -0.39 is 36.5 Å². The van der Waals surface area contributed by atoms with Crippen molar-refractivity contribution in [1.29, 1.82) is 0 Å². The van der Waals surface area contributed by atoms with E-state index >= 15 is 0 Å². The van der Waals surface area contributed by atoms with Crippen LogP contribution in [0.15, 0.2) is 0 Å². The minimum Gasteiger partial charge on any atom is -0.462 e. The Bertz CT molecular complexity index is 229. The summed E-state index contributed by atoms with van der Waals surface area (Å²) in [7, 11) is 0. The van der Waals surface area contributed by atoms with E-state index in [1.165, 1.54) is 6.92 Å². The van der Waals surface area contributed by atoms with Gasteiger partial charge in [-0.2, -0.15) is 0 Å². The molecule has 0 radical (unpaired) electrons. The third-order valence-corrected chi connectivity index (χ3v) is 2.34. The Kier molecular flexibility index (Phi) is 3.67. The van der Waals surface area contributed by atoms with Crippen LogP contribution in [0, 0.1) is 0 Å². The maximum absolute atomic E-state index is 11.3. The van der Waals surface area contributed by atoms with Crippen molar-refractivity contribution in [2.75, 3.05) is 6.61 Å². The molecule has 1 aliphatic heterocycles. The number of rotatable bonds is 2. The van der Waals surface area contributed by atoms with Gasteiger partial charge in [0, 0.05) is 6.42 Å². The molecule has 6 nitrogen and oxygen atoms in total. The van der Waals surface area contributed by atoms with Crippen LogP contribution in [-0.2, 0) is 14.3 Å². The lowest BCUT2D eigenvalue weighted by molar-refractivity contribution is -0.292. The maximum Gasteiger partial charge on any atom is 0.366 e. The number of hydrogen-bond acceptors (Lipinski definition) is 6. The molecule has 1 fully saturated rings. The van der Waals surface area contributed by atoms with Crippen LogP contribution in [0.1, 0.15) is 20.3 Å². The van der Waals surface area contributed by atoms with E-state index in [1.807, 2.05) is 0 Å². The zero-order valence-electron chi connectivity index (χ0n) is 8.71. The fourth-order valence-electron chi connectivity index (χ4n) is 1.52. The van der Waals surface area contributed by atoms with Crippen molar-refractivity contribution in [3.05, 3.63) is 0 Å². The lowest BCUT2D eigenvalue weighted by Gasteiger charge is -2.39. The van der Waals surface area contributed by atoms with Crippen molar-refractivity contribution in [2.45, 2.75) is 44.4 Å². The summed E-state index contributed by atoms with van der Waals surface area (Å²) in [4.78, 5) is 11.3. The summed E-state index contributed by atoms with van der Waals surface area (Å²) in [6.45, 7) is 3.16. The lowest BCUT2D eigenvalue weighted by atomic mass is 9.96. The zero-order valence-corrected chi connectivity index (χ0v) is 8.71. The average molecular weight is 220 g/mol. The molecule has 0 bridgehead atoms. The van der Waals surface area contributed by atoms with Gasteiger partial charge in [-0.15, -0.1) is 0 Å². The molecule has 4 atom stereocenters. The van der Waals surface area contributed by atoms with E-state index in [0.29, 0.717) is 0 Å². The van der Waals surface area contributed by atoms with E-state index in [2.05, 4.69) is 4.74 Å². The predicted molar refractivity (Wildman–Crippen MR) is 48.8 cm³/mol. The topological polar surface area (TPSA) is 96.2 Å². The fraction of sp³-hybridized carbons (Fsp3) is 0.889. The van der Waals surface area contributed by atoms with Crippen molar-refractivity contribution in [3.8, 4) is 0 Å². The van der Waals surface area contributed by atoms with Crippen molar-refractivity contribution in [2.24, 2.45) is 0 Å². The van der Waals surface area contributed by atoms with Crippen molar-refractivity contribution in [3.63, 3.8) is 0 Å². The minimum atomic E-state index is -2.16. The van der Waals surface area contributed by atoms with Crippen molar-refractivity contribution in [1.82, 2.24) is 0 Å². The summed E-state index contributed by atoms with van der Waals surface area (Å²) in [5, 5.41) is 28.5. The Morgan fingerprint density at radius 1 is 1.60 bits per heavy atom. The first-order valence-electron chi connectivity index (χ1n) is 4.84. The number of carbonyl (C=O) groups is 1. The van der Waals surface area contributed by atoms with E-state index in [0.717, 1.165) is 0 Å². The second-order valence-corrected chi connectivity index (χ2v) is 3.59. The zero-order chi connectivity index (χ0) is 11.6. The third-order valence-electron chi connectivity index (χ3n) is 2.34. The number of hydrogen-bond donors (Lipinski definition) is 3. The summed E-state index contributed by atoms with van der Waals surface area (Å²) in [5.41, 5.74) is 0. The first-order valence-corrected chi connectivity index (χ1v) is 4.84. The molecule has 0 aromatic heterocycles. The Labute approximate surface area is 87.4 Å². The summed E-state index contributed by atoms with van der Waals surface area (Å²) in [6, 6.07) is 0. The molecular formula is C9H16O6. The van der Waals surface area contributed by atoms with E-state index in [1.54, 1.807) is 6.92 Å². The van der Waals surface area contributed by atoms with Gasteiger partial charge < -0.3 is 24.8 Å². The highest BCUT2D eigenvalue weighted by atomic mass is 16.7. The highest BCUT2D eigenvalue weighted by molar-refractivity contribution is 5.77. The highest BCUT2D eigenvalue weighted by Crippen LogP contribution is 2.28. The van der Waals surface area contributed by atoms with Crippen LogP contribution in [-0.4, -0.2) is 52.0 Å². The Hall–Kier alpha value is -0.690. The molecular weight excluding hydrogens is 204 g/mol. The van der Waals surface area contributed by atoms with Gasteiger partial charge in [-0.25, -0.2) is 4.79 Å². The van der Waals surface area contributed by atoms with Crippen molar-refractivity contribution >= 4 is 5.97 Å². The normalized spacial score (nSPS) is 41.3. The quantitative estimate of drug-likeness (QED) is 0.504. The van der Waals surface area contributed by atoms with Crippen LogP contribution < -0.4 is 0 Å².